The Morgan fingerprint density at radius 3 is 2.54 bits per heavy atom. The lowest BCUT2D eigenvalue weighted by Gasteiger charge is -2.38. The predicted molar refractivity (Wildman–Crippen MR) is 130 cm³/mol. The molecule has 1 aromatic carbocycles. The molecular formula is C26H33ClF2N2O4. The van der Waals surface area contributed by atoms with Crippen molar-refractivity contribution in [2.75, 3.05) is 5.32 Å². The van der Waals surface area contributed by atoms with E-state index in [1.54, 1.807) is 18.2 Å². The minimum absolute atomic E-state index is 0.0204. The van der Waals surface area contributed by atoms with Gasteiger partial charge in [0.15, 0.2) is 0 Å². The normalized spacial score (nSPS) is 18.9. The molecule has 1 amide bonds. The van der Waals surface area contributed by atoms with Gasteiger partial charge in [-0.25, -0.2) is 8.78 Å². The van der Waals surface area contributed by atoms with Crippen molar-refractivity contribution in [1.82, 2.24) is 5.16 Å². The first kappa shape index (κ1) is 27.1. The Bertz CT molecular complexity index is 1060. The summed E-state index contributed by atoms with van der Waals surface area (Å²) in [7, 11) is 0. The van der Waals surface area contributed by atoms with Crippen LogP contribution in [0.1, 0.15) is 100 Å². The topological polar surface area (TPSA) is 92.4 Å². The maximum absolute atomic E-state index is 14.2. The third kappa shape index (κ3) is 7.26. The third-order valence-electron chi connectivity index (χ3n) is 6.43. The van der Waals surface area contributed by atoms with Gasteiger partial charge in [0.1, 0.15) is 5.76 Å². The molecule has 9 heteroatoms. The number of alkyl halides is 2. The number of halogens is 3. The van der Waals surface area contributed by atoms with Crippen LogP contribution in [-0.4, -0.2) is 22.1 Å². The second-order valence-electron chi connectivity index (χ2n) is 10.8. The first-order chi connectivity index (χ1) is 16.3. The van der Waals surface area contributed by atoms with Gasteiger partial charge in [-0.3, -0.25) is 9.59 Å². The largest absolute Gasteiger partial charge is 0.481 e. The van der Waals surface area contributed by atoms with Crippen LogP contribution in [-0.2, 0) is 9.59 Å². The van der Waals surface area contributed by atoms with E-state index >= 15 is 0 Å². The highest BCUT2D eigenvalue weighted by molar-refractivity contribution is 6.33. The molecule has 35 heavy (non-hydrogen) atoms. The van der Waals surface area contributed by atoms with E-state index in [1.165, 1.54) is 0 Å². The SMILES string of the molecule is Cc1ccc(NC(=O)C[C@H](CCC(=O)O)c2noc([C@H]3C[C@H](CC(C)(C)C)C3)c2C(F)F)c(Cl)c1. The molecule has 1 heterocycles. The minimum Gasteiger partial charge on any atom is -0.481 e. The fourth-order valence-electron chi connectivity index (χ4n) is 4.89. The van der Waals surface area contributed by atoms with E-state index in [0.29, 0.717) is 16.6 Å². The van der Waals surface area contributed by atoms with Crippen molar-refractivity contribution in [3.8, 4) is 0 Å². The number of carboxylic acids is 1. The fourth-order valence-corrected chi connectivity index (χ4v) is 5.18. The number of anilines is 1. The second-order valence-corrected chi connectivity index (χ2v) is 11.2. The molecule has 1 fully saturated rings. The lowest BCUT2D eigenvalue weighted by atomic mass is 9.67. The molecule has 2 N–H and O–H groups in total. The lowest BCUT2D eigenvalue weighted by Crippen LogP contribution is -2.26. The highest BCUT2D eigenvalue weighted by atomic mass is 35.5. The van der Waals surface area contributed by atoms with E-state index in [9.17, 15) is 23.5 Å². The van der Waals surface area contributed by atoms with E-state index in [0.717, 1.165) is 24.8 Å². The van der Waals surface area contributed by atoms with E-state index in [2.05, 4.69) is 31.2 Å². The van der Waals surface area contributed by atoms with Crippen molar-refractivity contribution in [1.29, 1.82) is 0 Å². The number of amides is 1. The first-order valence-corrected chi connectivity index (χ1v) is 12.3. The predicted octanol–water partition coefficient (Wildman–Crippen LogP) is 7.48. The van der Waals surface area contributed by atoms with Crippen LogP contribution >= 0.6 is 11.6 Å². The van der Waals surface area contributed by atoms with Crippen LogP contribution in [0.3, 0.4) is 0 Å². The molecule has 1 aliphatic rings. The van der Waals surface area contributed by atoms with Crippen LogP contribution in [0.2, 0.25) is 5.02 Å². The summed E-state index contributed by atoms with van der Waals surface area (Å²) in [6, 6.07) is 5.14. The number of benzene rings is 1. The average molecular weight is 511 g/mol. The Hall–Kier alpha value is -2.48. The Kier molecular flexibility index (Phi) is 8.57. The highest BCUT2D eigenvalue weighted by Gasteiger charge is 2.40. The zero-order valence-corrected chi connectivity index (χ0v) is 21.3. The van der Waals surface area contributed by atoms with Gasteiger partial charge in [0.2, 0.25) is 5.91 Å². The summed E-state index contributed by atoms with van der Waals surface area (Å²) < 4.78 is 33.8. The Morgan fingerprint density at radius 1 is 1.29 bits per heavy atom. The van der Waals surface area contributed by atoms with Gasteiger partial charge >= 0.3 is 5.97 Å². The molecule has 1 aliphatic carbocycles. The summed E-state index contributed by atoms with van der Waals surface area (Å²) in [5.74, 6) is -1.92. The van der Waals surface area contributed by atoms with E-state index in [-0.39, 0.29) is 47.6 Å². The van der Waals surface area contributed by atoms with Crippen LogP contribution in [0.5, 0.6) is 0 Å². The quantitative estimate of drug-likeness (QED) is 0.345. The Balaban J connectivity index is 1.80. The van der Waals surface area contributed by atoms with E-state index < -0.39 is 24.2 Å². The molecule has 0 unspecified atom stereocenters. The van der Waals surface area contributed by atoms with Crippen molar-refractivity contribution in [3.63, 3.8) is 0 Å². The Morgan fingerprint density at radius 2 is 1.97 bits per heavy atom. The molecule has 0 bridgehead atoms. The van der Waals surface area contributed by atoms with Crippen LogP contribution in [0.4, 0.5) is 14.5 Å². The van der Waals surface area contributed by atoms with Crippen LogP contribution < -0.4 is 5.32 Å². The number of hydrogen-bond acceptors (Lipinski definition) is 4. The molecule has 1 aromatic heterocycles. The molecule has 0 radical (unpaired) electrons. The molecule has 2 aromatic rings. The molecule has 0 spiro atoms. The second kappa shape index (κ2) is 11.1. The minimum atomic E-state index is -2.84. The van der Waals surface area contributed by atoms with E-state index in [1.807, 2.05) is 6.92 Å². The summed E-state index contributed by atoms with van der Waals surface area (Å²) in [5.41, 5.74) is 1.16. The third-order valence-corrected chi connectivity index (χ3v) is 6.75. The number of carbonyl (C=O) groups excluding carboxylic acids is 1. The standard InChI is InChI=1S/C26H33ClF2N2O4/c1-14-5-7-19(18(27)9-14)30-20(32)12-16(6-8-21(33)34)23-22(25(28)29)24(35-31-23)17-10-15(11-17)13-26(2,3)4/h5,7,9,15-17,25H,6,8,10-13H2,1-4H3,(H,30,32)(H,33,34)/t15-,16-,17-/m0/s1. The van der Waals surface area contributed by atoms with Crippen molar-refractivity contribution < 1.29 is 28.0 Å². The fraction of sp³-hybridized carbons (Fsp3) is 0.577. The Labute approximate surface area is 209 Å². The summed E-state index contributed by atoms with van der Waals surface area (Å²) in [6.07, 6.45) is -0.874. The number of hydrogen-bond donors (Lipinski definition) is 2. The van der Waals surface area contributed by atoms with Crippen molar-refractivity contribution in [2.24, 2.45) is 11.3 Å². The number of aromatic nitrogens is 1. The van der Waals surface area contributed by atoms with E-state index in [4.69, 9.17) is 16.1 Å². The van der Waals surface area contributed by atoms with Crippen LogP contribution in [0.15, 0.2) is 22.7 Å². The number of nitrogens with one attached hydrogen (secondary N) is 1. The van der Waals surface area contributed by atoms with Crippen molar-refractivity contribution in [3.05, 3.63) is 45.8 Å². The summed E-state index contributed by atoms with van der Waals surface area (Å²) in [4.78, 5) is 24.0. The number of carboxylic acid groups (broad SMARTS) is 1. The summed E-state index contributed by atoms with van der Waals surface area (Å²) >= 11 is 6.19. The maximum Gasteiger partial charge on any atom is 0.303 e. The average Bonchev–Trinajstić information content (AvgIpc) is 3.13. The van der Waals surface area contributed by atoms with Crippen LogP contribution in [0.25, 0.3) is 0 Å². The molecule has 3 rings (SSSR count). The molecule has 0 saturated heterocycles. The number of nitrogens with zero attached hydrogens (tertiary/aromatic N) is 1. The van der Waals surface area contributed by atoms with Gasteiger partial charge in [0.05, 0.1) is 22.0 Å². The van der Waals surface area contributed by atoms with Gasteiger partial charge in [0, 0.05) is 24.7 Å². The first-order valence-electron chi connectivity index (χ1n) is 11.9. The number of carbonyl (C=O) groups is 2. The maximum atomic E-state index is 14.2. The van der Waals surface area contributed by atoms with Gasteiger partial charge in [-0.05, 0) is 61.6 Å². The number of rotatable bonds is 10. The zero-order chi connectivity index (χ0) is 25.9. The highest BCUT2D eigenvalue weighted by Crippen LogP contribution is 2.50. The zero-order valence-electron chi connectivity index (χ0n) is 20.5. The van der Waals surface area contributed by atoms with Gasteiger partial charge < -0.3 is 14.9 Å². The number of aliphatic carboxylic acids is 1. The van der Waals surface area contributed by atoms with Gasteiger partial charge in [0.25, 0.3) is 6.43 Å². The van der Waals surface area contributed by atoms with Crippen LogP contribution in [0, 0.1) is 18.3 Å². The molecule has 192 valence electrons. The molecule has 0 aliphatic heterocycles. The van der Waals surface area contributed by atoms with Crippen molar-refractivity contribution >= 4 is 29.2 Å². The smallest absolute Gasteiger partial charge is 0.303 e. The lowest BCUT2D eigenvalue weighted by molar-refractivity contribution is -0.137. The van der Waals surface area contributed by atoms with Gasteiger partial charge in [-0.2, -0.15) is 0 Å². The van der Waals surface area contributed by atoms with Crippen molar-refractivity contribution in [2.45, 2.75) is 84.5 Å². The number of aryl methyl sites for hydroxylation is 1. The monoisotopic (exact) mass is 510 g/mol. The molecule has 1 atom stereocenters. The van der Waals surface area contributed by atoms with Gasteiger partial charge in [-0.15, -0.1) is 0 Å². The molecule has 6 nitrogen and oxygen atoms in total. The van der Waals surface area contributed by atoms with Gasteiger partial charge in [-0.1, -0.05) is 43.6 Å². The summed E-state index contributed by atoms with van der Waals surface area (Å²) in [5, 5.41) is 16.2. The summed E-state index contributed by atoms with van der Waals surface area (Å²) in [6.45, 7) is 8.32. The molecule has 1 saturated carbocycles. The molecular weight excluding hydrogens is 478 g/mol.